The highest BCUT2D eigenvalue weighted by Gasteiger charge is 2.39. The summed E-state index contributed by atoms with van der Waals surface area (Å²) in [5, 5.41) is 2.11. The van der Waals surface area contributed by atoms with Crippen LogP contribution in [0, 0.1) is 12.7 Å². The van der Waals surface area contributed by atoms with Crippen LogP contribution in [0.15, 0.2) is 18.2 Å². The lowest BCUT2D eigenvalue weighted by Crippen LogP contribution is -2.31. The zero-order valence-corrected chi connectivity index (χ0v) is 8.32. The molecule has 5 heteroatoms. The summed E-state index contributed by atoms with van der Waals surface area (Å²) < 4.78 is 50.4. The Labute approximate surface area is 85.1 Å². The third-order valence-electron chi connectivity index (χ3n) is 2.15. The van der Waals surface area contributed by atoms with Crippen LogP contribution in [0.5, 0.6) is 0 Å². The molecule has 0 saturated carbocycles. The number of nitrogens with one attached hydrogen (secondary N) is 1. The number of aryl methyl sites for hydroxylation is 1. The Morgan fingerprint density at radius 3 is 2.27 bits per heavy atom. The van der Waals surface area contributed by atoms with Gasteiger partial charge in [0, 0.05) is 0 Å². The number of benzene rings is 1. The van der Waals surface area contributed by atoms with E-state index in [1.807, 2.05) is 0 Å². The van der Waals surface area contributed by atoms with Crippen molar-refractivity contribution in [2.75, 3.05) is 7.05 Å². The van der Waals surface area contributed by atoms with Crippen molar-refractivity contribution in [2.24, 2.45) is 0 Å². The van der Waals surface area contributed by atoms with E-state index >= 15 is 0 Å². The molecule has 0 amide bonds. The van der Waals surface area contributed by atoms with E-state index in [2.05, 4.69) is 5.32 Å². The van der Waals surface area contributed by atoms with Crippen molar-refractivity contribution in [1.82, 2.24) is 5.32 Å². The monoisotopic (exact) mass is 221 g/mol. The second-order valence-corrected chi connectivity index (χ2v) is 3.27. The van der Waals surface area contributed by atoms with E-state index in [0.717, 1.165) is 6.07 Å². The van der Waals surface area contributed by atoms with Gasteiger partial charge in [0.05, 0.1) is 0 Å². The van der Waals surface area contributed by atoms with Crippen LogP contribution >= 0.6 is 0 Å². The van der Waals surface area contributed by atoms with E-state index in [1.54, 1.807) is 0 Å². The molecule has 0 radical (unpaired) electrons. The Balaban J connectivity index is 3.08. The van der Waals surface area contributed by atoms with Gasteiger partial charge in [0.2, 0.25) is 0 Å². The van der Waals surface area contributed by atoms with Crippen molar-refractivity contribution in [2.45, 2.75) is 19.1 Å². The summed E-state index contributed by atoms with van der Waals surface area (Å²) in [6.07, 6.45) is -4.42. The van der Waals surface area contributed by atoms with Crippen LogP contribution in [-0.4, -0.2) is 13.2 Å². The van der Waals surface area contributed by atoms with E-state index in [4.69, 9.17) is 0 Å². The molecular weight excluding hydrogens is 210 g/mol. The van der Waals surface area contributed by atoms with Crippen molar-refractivity contribution in [1.29, 1.82) is 0 Å². The first-order valence-electron chi connectivity index (χ1n) is 4.36. The lowest BCUT2D eigenvalue weighted by atomic mass is 10.0. The maximum Gasteiger partial charge on any atom is 0.407 e. The van der Waals surface area contributed by atoms with E-state index in [-0.39, 0.29) is 5.56 Å². The Morgan fingerprint density at radius 2 is 1.87 bits per heavy atom. The van der Waals surface area contributed by atoms with Crippen LogP contribution < -0.4 is 5.32 Å². The fourth-order valence-corrected chi connectivity index (χ4v) is 1.31. The summed E-state index contributed by atoms with van der Waals surface area (Å²) in [7, 11) is 1.19. The van der Waals surface area contributed by atoms with Crippen LogP contribution in [0.4, 0.5) is 17.6 Å². The zero-order valence-electron chi connectivity index (χ0n) is 8.32. The van der Waals surface area contributed by atoms with Crippen molar-refractivity contribution in [3.63, 3.8) is 0 Å². The second kappa shape index (κ2) is 4.18. The van der Waals surface area contributed by atoms with Crippen LogP contribution in [0.2, 0.25) is 0 Å². The molecule has 1 atom stereocenters. The first-order chi connectivity index (χ1) is 6.86. The van der Waals surface area contributed by atoms with Gasteiger partial charge in [0.1, 0.15) is 11.9 Å². The third-order valence-corrected chi connectivity index (χ3v) is 2.15. The number of hydrogen-bond donors (Lipinski definition) is 1. The fourth-order valence-electron chi connectivity index (χ4n) is 1.31. The number of hydrogen-bond acceptors (Lipinski definition) is 1. The smallest absolute Gasteiger partial charge is 0.306 e. The van der Waals surface area contributed by atoms with Gasteiger partial charge in [-0.15, -0.1) is 0 Å². The van der Waals surface area contributed by atoms with E-state index < -0.39 is 18.0 Å². The Morgan fingerprint density at radius 1 is 1.27 bits per heavy atom. The quantitative estimate of drug-likeness (QED) is 0.757. The fraction of sp³-hybridized carbons (Fsp3) is 0.400. The summed E-state index contributed by atoms with van der Waals surface area (Å²) in [5.41, 5.74) is 0.212. The molecule has 1 nitrogen and oxygen atoms in total. The van der Waals surface area contributed by atoms with Gasteiger partial charge in [0.25, 0.3) is 0 Å². The van der Waals surface area contributed by atoms with Crippen LogP contribution in [-0.2, 0) is 0 Å². The Bertz CT molecular complexity index is 346. The molecule has 0 spiro atoms. The van der Waals surface area contributed by atoms with E-state index in [9.17, 15) is 17.6 Å². The summed E-state index contributed by atoms with van der Waals surface area (Å²) in [4.78, 5) is 0. The van der Waals surface area contributed by atoms with Gasteiger partial charge in [0.15, 0.2) is 0 Å². The molecule has 0 bridgehead atoms. The highest BCUT2D eigenvalue weighted by molar-refractivity contribution is 5.26. The zero-order chi connectivity index (χ0) is 11.6. The molecule has 1 unspecified atom stereocenters. The number of rotatable bonds is 2. The lowest BCUT2D eigenvalue weighted by molar-refractivity contribution is -0.156. The molecule has 1 aromatic carbocycles. The molecule has 1 rings (SSSR count). The minimum absolute atomic E-state index is 0.117. The summed E-state index contributed by atoms with van der Waals surface area (Å²) in [5.74, 6) is -0.628. The highest BCUT2D eigenvalue weighted by atomic mass is 19.4. The minimum Gasteiger partial charge on any atom is -0.306 e. The second-order valence-electron chi connectivity index (χ2n) is 3.27. The van der Waals surface area contributed by atoms with Gasteiger partial charge in [-0.3, -0.25) is 0 Å². The Hall–Kier alpha value is -1.10. The SMILES string of the molecule is CNC(c1ccc(C)c(F)c1)C(F)(F)F. The first kappa shape index (κ1) is 12.0. The molecule has 0 aromatic heterocycles. The predicted molar refractivity (Wildman–Crippen MR) is 49.0 cm³/mol. The van der Waals surface area contributed by atoms with Crippen molar-refractivity contribution < 1.29 is 17.6 Å². The predicted octanol–water partition coefficient (Wildman–Crippen LogP) is 2.96. The molecule has 0 fully saturated rings. The average Bonchev–Trinajstić information content (AvgIpc) is 2.10. The topological polar surface area (TPSA) is 12.0 Å². The first-order valence-corrected chi connectivity index (χ1v) is 4.36. The van der Waals surface area contributed by atoms with Crippen molar-refractivity contribution in [3.8, 4) is 0 Å². The lowest BCUT2D eigenvalue weighted by Gasteiger charge is -2.20. The number of halogens is 4. The molecule has 0 aliphatic heterocycles. The Kier molecular flexibility index (Phi) is 3.34. The average molecular weight is 221 g/mol. The standard InChI is InChI=1S/C10H11F4N/c1-6-3-4-7(5-8(6)11)9(15-2)10(12,13)14/h3-5,9,15H,1-2H3. The van der Waals surface area contributed by atoms with Crippen LogP contribution in [0.1, 0.15) is 17.2 Å². The molecule has 0 heterocycles. The van der Waals surface area contributed by atoms with Crippen molar-refractivity contribution >= 4 is 0 Å². The molecule has 84 valence electrons. The summed E-state index contributed by atoms with van der Waals surface area (Å²) in [6, 6.07) is 1.69. The summed E-state index contributed by atoms with van der Waals surface area (Å²) >= 11 is 0. The van der Waals surface area contributed by atoms with E-state index in [1.165, 1.54) is 26.1 Å². The van der Waals surface area contributed by atoms with Crippen LogP contribution in [0.25, 0.3) is 0 Å². The molecule has 1 N–H and O–H groups in total. The largest absolute Gasteiger partial charge is 0.407 e. The third kappa shape index (κ3) is 2.68. The van der Waals surface area contributed by atoms with Crippen molar-refractivity contribution in [3.05, 3.63) is 35.1 Å². The maximum absolute atomic E-state index is 13.1. The van der Waals surface area contributed by atoms with Gasteiger partial charge < -0.3 is 5.32 Å². The van der Waals surface area contributed by atoms with Gasteiger partial charge in [-0.1, -0.05) is 12.1 Å². The molecule has 0 aliphatic carbocycles. The maximum atomic E-state index is 13.1. The van der Waals surface area contributed by atoms with E-state index in [0.29, 0.717) is 5.56 Å². The molecule has 0 saturated heterocycles. The normalized spacial score (nSPS) is 14.0. The molecule has 0 aliphatic rings. The molecule has 1 aromatic rings. The summed E-state index contributed by atoms with van der Waals surface area (Å²) in [6.45, 7) is 1.50. The molecular formula is C10H11F4N. The van der Waals surface area contributed by atoms with Gasteiger partial charge in [-0.25, -0.2) is 4.39 Å². The van der Waals surface area contributed by atoms with Crippen LogP contribution in [0.3, 0.4) is 0 Å². The minimum atomic E-state index is -4.42. The van der Waals surface area contributed by atoms with Gasteiger partial charge >= 0.3 is 6.18 Å². The van der Waals surface area contributed by atoms with Gasteiger partial charge in [-0.05, 0) is 31.2 Å². The number of alkyl halides is 3. The molecule has 15 heavy (non-hydrogen) atoms. The highest BCUT2D eigenvalue weighted by Crippen LogP contribution is 2.32. The van der Waals surface area contributed by atoms with Gasteiger partial charge in [-0.2, -0.15) is 13.2 Å².